The lowest BCUT2D eigenvalue weighted by atomic mass is 9.84. The molecule has 0 aliphatic carbocycles. The summed E-state index contributed by atoms with van der Waals surface area (Å²) in [6.07, 6.45) is 0.741. The molecule has 0 bridgehead atoms. The highest BCUT2D eigenvalue weighted by Gasteiger charge is 2.20. The van der Waals surface area contributed by atoms with Crippen LogP contribution in [0, 0.1) is 5.41 Å². The van der Waals surface area contributed by atoms with Crippen molar-refractivity contribution < 1.29 is 13.0 Å². The summed E-state index contributed by atoms with van der Waals surface area (Å²) in [4.78, 5) is -0.00490. The van der Waals surface area contributed by atoms with Crippen molar-refractivity contribution in [1.82, 2.24) is 0 Å². The Kier molecular flexibility index (Phi) is 4.37. The Labute approximate surface area is 139 Å². The Morgan fingerprint density at radius 2 is 1.57 bits per heavy atom. The minimum Gasteiger partial charge on any atom is -0.282 e. The van der Waals surface area contributed by atoms with Crippen LogP contribution in [0.3, 0.4) is 0 Å². The summed E-state index contributed by atoms with van der Waals surface area (Å²) in [7, 11) is -4.26. The fourth-order valence-electron chi connectivity index (χ4n) is 2.79. The van der Waals surface area contributed by atoms with Gasteiger partial charge in [-0.2, -0.15) is 8.42 Å². The first-order valence-corrected chi connectivity index (χ1v) is 9.26. The van der Waals surface area contributed by atoms with Gasteiger partial charge in [0.05, 0.1) is 0 Å². The standard InChI is InChI=1S/C19H26O3S/c1-18(2,3)12-13-9-14-11-15(19(4,5)6)7-8-16(14)17(10-13)23(20,21)22/h7-11H,12H2,1-6H3,(H,20,21,22). The molecule has 0 aliphatic heterocycles. The zero-order chi connectivity index (χ0) is 17.6. The minimum absolute atomic E-state index is 0.00490. The molecular formula is C19H26O3S. The highest BCUT2D eigenvalue weighted by molar-refractivity contribution is 7.86. The van der Waals surface area contributed by atoms with Gasteiger partial charge in [0.15, 0.2) is 0 Å². The average Bonchev–Trinajstić information content (AvgIpc) is 2.32. The van der Waals surface area contributed by atoms with Gasteiger partial charge in [0.2, 0.25) is 0 Å². The van der Waals surface area contributed by atoms with Crippen LogP contribution in [0.15, 0.2) is 35.2 Å². The van der Waals surface area contributed by atoms with E-state index in [1.807, 2.05) is 18.2 Å². The third kappa shape index (κ3) is 4.33. The van der Waals surface area contributed by atoms with E-state index in [4.69, 9.17) is 0 Å². The van der Waals surface area contributed by atoms with Crippen LogP contribution in [-0.2, 0) is 22.0 Å². The van der Waals surface area contributed by atoms with E-state index < -0.39 is 10.1 Å². The highest BCUT2D eigenvalue weighted by atomic mass is 32.2. The van der Waals surface area contributed by atoms with E-state index in [-0.39, 0.29) is 15.7 Å². The molecule has 0 unspecified atom stereocenters. The molecule has 0 fully saturated rings. The van der Waals surface area contributed by atoms with Gasteiger partial charge in [-0.15, -0.1) is 0 Å². The number of fused-ring (bicyclic) bond motifs is 1. The Morgan fingerprint density at radius 1 is 0.957 bits per heavy atom. The molecule has 0 spiro atoms. The van der Waals surface area contributed by atoms with Crippen molar-refractivity contribution >= 4 is 20.9 Å². The van der Waals surface area contributed by atoms with Crippen LogP contribution >= 0.6 is 0 Å². The summed E-state index contributed by atoms with van der Waals surface area (Å²) in [6, 6.07) is 9.38. The second-order valence-corrected chi connectivity index (χ2v) is 9.88. The van der Waals surface area contributed by atoms with Crippen molar-refractivity contribution in [3.05, 3.63) is 41.5 Å². The summed E-state index contributed by atoms with van der Waals surface area (Å²) >= 11 is 0. The molecule has 126 valence electrons. The van der Waals surface area contributed by atoms with Gasteiger partial charge >= 0.3 is 0 Å². The first-order valence-electron chi connectivity index (χ1n) is 7.82. The lowest BCUT2D eigenvalue weighted by molar-refractivity contribution is 0.411. The van der Waals surface area contributed by atoms with Gasteiger partial charge in [0.25, 0.3) is 10.1 Å². The lowest BCUT2D eigenvalue weighted by Gasteiger charge is -2.21. The number of hydrogen-bond acceptors (Lipinski definition) is 2. The minimum atomic E-state index is -4.26. The summed E-state index contributed by atoms with van der Waals surface area (Å²) in [5.41, 5.74) is 2.07. The summed E-state index contributed by atoms with van der Waals surface area (Å²) in [5.74, 6) is 0. The molecule has 0 amide bonds. The molecule has 0 heterocycles. The van der Waals surface area contributed by atoms with Crippen LogP contribution in [-0.4, -0.2) is 13.0 Å². The van der Waals surface area contributed by atoms with E-state index in [2.05, 4.69) is 41.5 Å². The summed E-state index contributed by atoms with van der Waals surface area (Å²) in [5, 5.41) is 1.42. The van der Waals surface area contributed by atoms with Crippen LogP contribution in [0.4, 0.5) is 0 Å². The number of hydrogen-bond donors (Lipinski definition) is 1. The second-order valence-electron chi connectivity index (χ2n) is 8.49. The number of rotatable bonds is 2. The fraction of sp³-hybridized carbons (Fsp3) is 0.474. The van der Waals surface area contributed by atoms with Crippen molar-refractivity contribution in [2.45, 2.75) is 58.3 Å². The maximum absolute atomic E-state index is 11.8. The summed E-state index contributed by atoms with van der Waals surface area (Å²) < 4.78 is 33.2. The molecule has 2 aromatic carbocycles. The third-order valence-electron chi connectivity index (χ3n) is 3.85. The highest BCUT2D eigenvalue weighted by Crippen LogP contribution is 2.32. The van der Waals surface area contributed by atoms with Gasteiger partial charge < -0.3 is 0 Å². The summed E-state index contributed by atoms with van der Waals surface area (Å²) in [6.45, 7) is 12.7. The molecule has 0 radical (unpaired) electrons. The smallest absolute Gasteiger partial charge is 0.282 e. The maximum atomic E-state index is 11.8. The zero-order valence-electron chi connectivity index (χ0n) is 14.8. The van der Waals surface area contributed by atoms with Gasteiger partial charge in [-0.25, -0.2) is 0 Å². The first-order chi connectivity index (χ1) is 10.3. The van der Waals surface area contributed by atoms with Crippen molar-refractivity contribution in [3.63, 3.8) is 0 Å². The monoisotopic (exact) mass is 334 g/mol. The van der Waals surface area contributed by atoms with Crippen LogP contribution in [0.1, 0.15) is 52.7 Å². The molecule has 0 saturated heterocycles. The lowest BCUT2D eigenvalue weighted by Crippen LogP contribution is -2.12. The Morgan fingerprint density at radius 3 is 2.04 bits per heavy atom. The van der Waals surface area contributed by atoms with Crippen LogP contribution in [0.5, 0.6) is 0 Å². The third-order valence-corrected chi connectivity index (χ3v) is 4.75. The Bertz CT molecular complexity index is 835. The van der Waals surface area contributed by atoms with E-state index in [9.17, 15) is 13.0 Å². The van der Waals surface area contributed by atoms with Crippen LogP contribution < -0.4 is 0 Å². The topological polar surface area (TPSA) is 54.4 Å². The second kappa shape index (κ2) is 5.60. The fourth-order valence-corrected chi connectivity index (χ4v) is 3.55. The van der Waals surface area contributed by atoms with Gasteiger partial charge in [-0.3, -0.25) is 4.55 Å². The molecule has 1 N–H and O–H groups in total. The van der Waals surface area contributed by atoms with Gasteiger partial charge in [-0.05, 0) is 39.8 Å². The Balaban J connectivity index is 2.77. The first kappa shape index (κ1) is 18.0. The number of benzene rings is 2. The molecule has 4 heteroatoms. The van der Waals surface area contributed by atoms with Gasteiger partial charge in [-0.1, -0.05) is 65.8 Å². The molecule has 23 heavy (non-hydrogen) atoms. The molecule has 2 rings (SSSR count). The van der Waals surface area contributed by atoms with E-state index >= 15 is 0 Å². The van der Waals surface area contributed by atoms with Crippen molar-refractivity contribution in [3.8, 4) is 0 Å². The predicted octanol–water partition coefficient (Wildman–Crippen LogP) is 4.97. The molecule has 2 aromatic rings. The van der Waals surface area contributed by atoms with Crippen LogP contribution in [0.2, 0.25) is 0 Å². The molecule has 0 aliphatic rings. The normalized spacial score (nSPS) is 13.5. The van der Waals surface area contributed by atoms with Gasteiger partial charge in [0, 0.05) is 5.39 Å². The quantitative estimate of drug-likeness (QED) is 0.789. The van der Waals surface area contributed by atoms with Crippen molar-refractivity contribution in [1.29, 1.82) is 0 Å². The van der Waals surface area contributed by atoms with E-state index in [0.29, 0.717) is 5.39 Å². The molecule has 0 aromatic heterocycles. The molecule has 0 atom stereocenters. The zero-order valence-corrected chi connectivity index (χ0v) is 15.6. The Hall–Kier alpha value is -1.39. The SMILES string of the molecule is CC(C)(C)Cc1cc(S(=O)(=O)O)c2ccc(C(C)(C)C)cc2c1. The van der Waals surface area contributed by atoms with Crippen molar-refractivity contribution in [2.24, 2.45) is 5.41 Å². The largest absolute Gasteiger partial charge is 0.295 e. The predicted molar refractivity (Wildman–Crippen MR) is 95.6 cm³/mol. The van der Waals surface area contributed by atoms with Gasteiger partial charge in [0.1, 0.15) is 4.90 Å². The van der Waals surface area contributed by atoms with Crippen molar-refractivity contribution in [2.75, 3.05) is 0 Å². The molecule has 0 saturated carbocycles. The van der Waals surface area contributed by atoms with E-state index in [1.165, 1.54) is 0 Å². The molecular weight excluding hydrogens is 308 g/mol. The van der Waals surface area contributed by atoms with Crippen LogP contribution in [0.25, 0.3) is 10.8 Å². The molecule has 3 nitrogen and oxygen atoms in total. The van der Waals surface area contributed by atoms with E-state index in [0.717, 1.165) is 22.9 Å². The maximum Gasteiger partial charge on any atom is 0.295 e. The van der Waals surface area contributed by atoms with E-state index in [1.54, 1.807) is 12.1 Å². The average molecular weight is 334 g/mol.